The van der Waals surface area contributed by atoms with Crippen LogP contribution in [-0.4, -0.2) is 35.9 Å². The second-order valence-electron chi connectivity index (χ2n) is 3.88. The maximum absolute atomic E-state index is 10.9. The number of hydrogen-bond donors (Lipinski definition) is 2. The van der Waals surface area contributed by atoms with E-state index in [1.54, 1.807) is 20.8 Å². The third kappa shape index (κ3) is 5.94. The number of esters is 1. The van der Waals surface area contributed by atoms with Crippen molar-refractivity contribution in [3.05, 3.63) is 0 Å². The third-order valence-electron chi connectivity index (χ3n) is 2.14. The number of aliphatic hydroxyl groups is 1. The normalized spacial score (nSPS) is 13.8. The molecule has 84 valence electrons. The molecule has 0 fully saturated rings. The summed E-state index contributed by atoms with van der Waals surface area (Å²) >= 11 is 0. The Morgan fingerprint density at radius 3 is 2.57 bits per heavy atom. The number of rotatable bonds is 6. The van der Waals surface area contributed by atoms with Gasteiger partial charge in [-0.2, -0.15) is 0 Å². The largest absolute Gasteiger partial charge is 0.466 e. The fourth-order valence-electron chi connectivity index (χ4n) is 0.874. The predicted molar refractivity (Wildman–Crippen MR) is 55.0 cm³/mol. The van der Waals surface area contributed by atoms with Gasteiger partial charge in [0.15, 0.2) is 0 Å². The zero-order chi connectivity index (χ0) is 11.2. The first kappa shape index (κ1) is 13.4. The molecular formula is C10H21NO3. The highest BCUT2D eigenvalue weighted by molar-refractivity contribution is 5.69. The van der Waals surface area contributed by atoms with Crippen LogP contribution in [0.25, 0.3) is 0 Å². The van der Waals surface area contributed by atoms with Gasteiger partial charge in [0.2, 0.25) is 0 Å². The zero-order valence-corrected chi connectivity index (χ0v) is 9.46. The van der Waals surface area contributed by atoms with E-state index in [-0.39, 0.29) is 12.0 Å². The predicted octanol–water partition coefficient (Wildman–Crippen LogP) is 0.689. The maximum atomic E-state index is 10.9. The van der Waals surface area contributed by atoms with Crippen molar-refractivity contribution >= 4 is 5.97 Å². The molecule has 0 amide bonds. The van der Waals surface area contributed by atoms with Crippen LogP contribution in [0.4, 0.5) is 0 Å². The van der Waals surface area contributed by atoms with Gasteiger partial charge in [-0.15, -0.1) is 0 Å². The summed E-state index contributed by atoms with van der Waals surface area (Å²) in [7, 11) is 0. The fraction of sp³-hybridized carbons (Fsp3) is 0.900. The summed E-state index contributed by atoms with van der Waals surface area (Å²) < 4.78 is 4.77. The van der Waals surface area contributed by atoms with Crippen molar-refractivity contribution in [2.75, 3.05) is 13.2 Å². The molecule has 0 rings (SSSR count). The summed E-state index contributed by atoms with van der Waals surface area (Å²) in [6.45, 7) is 8.07. The lowest BCUT2D eigenvalue weighted by Gasteiger charge is -2.26. The molecule has 0 aromatic heterocycles. The quantitative estimate of drug-likeness (QED) is 0.624. The van der Waals surface area contributed by atoms with Gasteiger partial charge in [0.1, 0.15) is 0 Å². The first-order valence-electron chi connectivity index (χ1n) is 4.99. The van der Waals surface area contributed by atoms with Gasteiger partial charge in [-0.3, -0.25) is 4.79 Å². The second kappa shape index (κ2) is 5.98. The summed E-state index contributed by atoms with van der Waals surface area (Å²) in [5.41, 5.74) is -0.769. The van der Waals surface area contributed by atoms with Crippen molar-refractivity contribution in [3.63, 3.8) is 0 Å². The van der Waals surface area contributed by atoms with Crippen LogP contribution in [0.5, 0.6) is 0 Å². The van der Waals surface area contributed by atoms with Crippen LogP contribution in [-0.2, 0) is 9.53 Å². The lowest BCUT2D eigenvalue weighted by atomic mass is 10.0. The maximum Gasteiger partial charge on any atom is 0.307 e. The van der Waals surface area contributed by atoms with Crippen LogP contribution in [0.15, 0.2) is 0 Å². The van der Waals surface area contributed by atoms with E-state index in [4.69, 9.17) is 4.74 Å². The molecule has 0 aliphatic heterocycles. The van der Waals surface area contributed by atoms with Crippen LogP contribution in [0.3, 0.4) is 0 Å². The van der Waals surface area contributed by atoms with Crippen LogP contribution >= 0.6 is 0 Å². The van der Waals surface area contributed by atoms with Crippen LogP contribution in [0.2, 0.25) is 0 Å². The molecule has 1 unspecified atom stereocenters. The fourth-order valence-corrected chi connectivity index (χ4v) is 0.874. The molecular weight excluding hydrogens is 182 g/mol. The summed E-state index contributed by atoms with van der Waals surface area (Å²) in [5, 5.41) is 12.6. The number of ether oxygens (including phenoxy) is 1. The molecule has 0 bridgehead atoms. The van der Waals surface area contributed by atoms with Crippen LogP contribution < -0.4 is 5.32 Å². The molecule has 0 radical (unpaired) electrons. The number of carbonyl (C=O) groups excluding carboxylic acids is 1. The average molecular weight is 203 g/mol. The highest BCUT2D eigenvalue weighted by Crippen LogP contribution is 2.06. The van der Waals surface area contributed by atoms with Gasteiger partial charge in [-0.05, 0) is 27.7 Å². The van der Waals surface area contributed by atoms with Crippen molar-refractivity contribution in [2.45, 2.75) is 45.8 Å². The van der Waals surface area contributed by atoms with Crippen molar-refractivity contribution in [1.29, 1.82) is 0 Å². The second-order valence-corrected chi connectivity index (χ2v) is 3.88. The molecule has 1 atom stereocenters. The summed E-state index contributed by atoms with van der Waals surface area (Å²) in [6, 6.07) is -0.0445. The van der Waals surface area contributed by atoms with Gasteiger partial charge in [0.25, 0.3) is 0 Å². The Balaban J connectivity index is 3.59. The molecule has 0 spiro atoms. The van der Waals surface area contributed by atoms with Gasteiger partial charge < -0.3 is 15.2 Å². The van der Waals surface area contributed by atoms with E-state index >= 15 is 0 Å². The minimum Gasteiger partial charge on any atom is -0.466 e. The SMILES string of the molecule is CCOC(=O)CCNC(C)C(C)(C)O. The number of nitrogens with one attached hydrogen (secondary N) is 1. The summed E-state index contributed by atoms with van der Waals surface area (Å²) in [5.74, 6) is -0.206. The molecule has 14 heavy (non-hydrogen) atoms. The molecule has 0 saturated heterocycles. The van der Waals surface area contributed by atoms with Gasteiger partial charge in [-0.25, -0.2) is 0 Å². The average Bonchev–Trinajstić information content (AvgIpc) is 2.02. The first-order chi connectivity index (χ1) is 6.38. The minimum atomic E-state index is -0.769. The van der Waals surface area contributed by atoms with Crippen molar-refractivity contribution < 1.29 is 14.6 Å². The first-order valence-corrected chi connectivity index (χ1v) is 4.99. The van der Waals surface area contributed by atoms with E-state index in [9.17, 15) is 9.90 Å². The Kier molecular flexibility index (Phi) is 5.72. The Morgan fingerprint density at radius 1 is 1.57 bits per heavy atom. The third-order valence-corrected chi connectivity index (χ3v) is 2.14. The summed E-state index contributed by atoms with van der Waals surface area (Å²) in [4.78, 5) is 10.9. The molecule has 0 saturated carbocycles. The molecule has 2 N–H and O–H groups in total. The lowest BCUT2D eigenvalue weighted by Crippen LogP contribution is -2.45. The van der Waals surface area contributed by atoms with E-state index in [0.717, 1.165) is 0 Å². The minimum absolute atomic E-state index is 0.0445. The number of carbonyl (C=O) groups is 1. The van der Waals surface area contributed by atoms with E-state index in [2.05, 4.69) is 5.32 Å². The van der Waals surface area contributed by atoms with Gasteiger partial charge >= 0.3 is 5.97 Å². The molecule has 0 aromatic rings. The van der Waals surface area contributed by atoms with Crippen molar-refractivity contribution in [1.82, 2.24) is 5.32 Å². The Labute approximate surface area is 85.6 Å². The Hall–Kier alpha value is -0.610. The van der Waals surface area contributed by atoms with E-state index in [1.807, 2.05) is 6.92 Å². The molecule has 0 aromatic carbocycles. The highest BCUT2D eigenvalue weighted by Gasteiger charge is 2.21. The molecule has 0 aliphatic rings. The van der Waals surface area contributed by atoms with Crippen LogP contribution in [0.1, 0.15) is 34.1 Å². The van der Waals surface area contributed by atoms with Gasteiger partial charge in [-0.1, -0.05) is 0 Å². The highest BCUT2D eigenvalue weighted by atomic mass is 16.5. The van der Waals surface area contributed by atoms with Crippen LogP contribution in [0, 0.1) is 0 Å². The molecule has 0 aliphatic carbocycles. The Bertz CT molecular complexity index is 175. The summed E-state index contributed by atoms with van der Waals surface area (Å²) in [6.07, 6.45) is 0.342. The zero-order valence-electron chi connectivity index (χ0n) is 9.46. The monoisotopic (exact) mass is 203 g/mol. The van der Waals surface area contributed by atoms with Gasteiger partial charge in [0, 0.05) is 12.6 Å². The smallest absolute Gasteiger partial charge is 0.307 e. The van der Waals surface area contributed by atoms with Gasteiger partial charge in [0.05, 0.1) is 18.6 Å². The number of hydrogen-bond acceptors (Lipinski definition) is 4. The molecule has 0 heterocycles. The van der Waals surface area contributed by atoms with E-state index < -0.39 is 5.60 Å². The standard InChI is InChI=1S/C10H21NO3/c1-5-14-9(12)6-7-11-8(2)10(3,4)13/h8,11,13H,5-7H2,1-4H3. The van der Waals surface area contributed by atoms with E-state index in [0.29, 0.717) is 19.6 Å². The Morgan fingerprint density at radius 2 is 2.14 bits per heavy atom. The lowest BCUT2D eigenvalue weighted by molar-refractivity contribution is -0.143. The molecule has 4 nitrogen and oxygen atoms in total. The van der Waals surface area contributed by atoms with E-state index in [1.165, 1.54) is 0 Å². The van der Waals surface area contributed by atoms with Crippen molar-refractivity contribution in [2.24, 2.45) is 0 Å². The topological polar surface area (TPSA) is 58.6 Å². The molecule has 4 heteroatoms. The van der Waals surface area contributed by atoms with Crippen molar-refractivity contribution in [3.8, 4) is 0 Å².